The molecule has 0 aromatic carbocycles. The van der Waals surface area contributed by atoms with E-state index in [1.165, 1.54) is 5.57 Å². The van der Waals surface area contributed by atoms with E-state index in [1.54, 1.807) is 0 Å². The zero-order chi connectivity index (χ0) is 13.4. The first-order valence-electron chi connectivity index (χ1n) is 6.85. The van der Waals surface area contributed by atoms with E-state index in [1.807, 2.05) is 6.92 Å². The second kappa shape index (κ2) is 8.46. The number of aliphatic hydroxyl groups is 1. The second-order valence-corrected chi connectivity index (χ2v) is 5.04. The van der Waals surface area contributed by atoms with Gasteiger partial charge in [0.05, 0.1) is 6.61 Å². The highest BCUT2D eigenvalue weighted by atomic mass is 16.9. The molecule has 1 saturated heterocycles. The third kappa shape index (κ3) is 6.34. The van der Waals surface area contributed by atoms with Crippen molar-refractivity contribution in [1.82, 2.24) is 0 Å². The van der Waals surface area contributed by atoms with Crippen LogP contribution in [-0.2, 0) is 9.47 Å². The molecule has 1 rings (SSSR count). The van der Waals surface area contributed by atoms with Crippen LogP contribution in [0.25, 0.3) is 0 Å². The maximum absolute atomic E-state index is 9.25. The number of hydrogen-bond acceptors (Lipinski definition) is 3. The van der Waals surface area contributed by atoms with Gasteiger partial charge < -0.3 is 14.6 Å². The molecule has 18 heavy (non-hydrogen) atoms. The van der Waals surface area contributed by atoms with Crippen molar-refractivity contribution in [2.24, 2.45) is 0 Å². The van der Waals surface area contributed by atoms with Gasteiger partial charge in [-0.2, -0.15) is 0 Å². The largest absolute Gasteiger partial charge is 0.392 e. The number of unbranched alkanes of at least 4 members (excludes halogenated alkanes) is 1. The van der Waals surface area contributed by atoms with Crippen LogP contribution in [0.3, 0.4) is 0 Å². The number of rotatable bonds is 8. The Balaban J connectivity index is 2.11. The summed E-state index contributed by atoms with van der Waals surface area (Å²) in [5.41, 5.74) is 2.47. The molecule has 0 radical (unpaired) electrons. The molecule has 3 heteroatoms. The van der Waals surface area contributed by atoms with Crippen molar-refractivity contribution in [3.8, 4) is 0 Å². The van der Waals surface area contributed by atoms with Gasteiger partial charge in [-0.05, 0) is 58.4 Å². The molecule has 0 atom stereocenters. The SMILES string of the molecule is CC(C)=CCCC(=CCCCC1OC(C)O1)CO. The minimum Gasteiger partial charge on any atom is -0.392 e. The second-order valence-electron chi connectivity index (χ2n) is 5.04. The zero-order valence-electron chi connectivity index (χ0n) is 11.8. The van der Waals surface area contributed by atoms with Gasteiger partial charge in [0.15, 0.2) is 12.6 Å². The first-order valence-corrected chi connectivity index (χ1v) is 6.85. The maximum atomic E-state index is 9.25. The van der Waals surface area contributed by atoms with Gasteiger partial charge in [-0.1, -0.05) is 17.7 Å². The summed E-state index contributed by atoms with van der Waals surface area (Å²) >= 11 is 0. The quantitative estimate of drug-likeness (QED) is 0.532. The van der Waals surface area contributed by atoms with Crippen molar-refractivity contribution >= 4 is 0 Å². The lowest BCUT2D eigenvalue weighted by atomic mass is 10.1. The lowest BCUT2D eigenvalue weighted by molar-refractivity contribution is -0.377. The predicted octanol–water partition coefficient (Wildman–Crippen LogP) is 3.54. The molecule has 0 spiro atoms. The van der Waals surface area contributed by atoms with E-state index < -0.39 is 0 Å². The molecule has 0 aromatic rings. The summed E-state index contributed by atoms with van der Waals surface area (Å²) < 4.78 is 10.7. The third-order valence-corrected chi connectivity index (χ3v) is 2.98. The van der Waals surface area contributed by atoms with Crippen molar-refractivity contribution in [2.45, 2.75) is 65.5 Å². The Morgan fingerprint density at radius 3 is 2.44 bits per heavy atom. The summed E-state index contributed by atoms with van der Waals surface area (Å²) in [6, 6.07) is 0. The van der Waals surface area contributed by atoms with Gasteiger partial charge in [0.1, 0.15) is 0 Å². The van der Waals surface area contributed by atoms with Crippen molar-refractivity contribution in [3.63, 3.8) is 0 Å². The van der Waals surface area contributed by atoms with Crippen molar-refractivity contribution in [2.75, 3.05) is 6.61 Å². The molecule has 0 amide bonds. The number of ether oxygens (including phenoxy) is 2. The van der Waals surface area contributed by atoms with Crippen molar-refractivity contribution in [1.29, 1.82) is 0 Å². The molecule has 0 bridgehead atoms. The van der Waals surface area contributed by atoms with E-state index in [4.69, 9.17) is 9.47 Å². The molecular weight excluding hydrogens is 228 g/mol. The molecule has 3 nitrogen and oxygen atoms in total. The Morgan fingerprint density at radius 2 is 1.89 bits per heavy atom. The van der Waals surface area contributed by atoms with Crippen LogP contribution in [0.1, 0.15) is 52.9 Å². The lowest BCUT2D eigenvalue weighted by Gasteiger charge is -2.33. The molecule has 1 heterocycles. The normalized spacial score (nSPS) is 23.7. The third-order valence-electron chi connectivity index (χ3n) is 2.98. The van der Waals surface area contributed by atoms with E-state index in [2.05, 4.69) is 26.0 Å². The van der Waals surface area contributed by atoms with Crippen LogP contribution in [0.4, 0.5) is 0 Å². The molecule has 0 aliphatic carbocycles. The Kier molecular flexibility index (Phi) is 7.25. The molecule has 0 saturated carbocycles. The smallest absolute Gasteiger partial charge is 0.163 e. The minimum absolute atomic E-state index is 0.00310. The highest BCUT2D eigenvalue weighted by Gasteiger charge is 2.25. The fourth-order valence-electron chi connectivity index (χ4n) is 1.96. The van der Waals surface area contributed by atoms with Gasteiger partial charge in [-0.3, -0.25) is 0 Å². The predicted molar refractivity (Wildman–Crippen MR) is 73.1 cm³/mol. The van der Waals surface area contributed by atoms with Crippen molar-refractivity contribution < 1.29 is 14.6 Å². The topological polar surface area (TPSA) is 38.7 Å². The summed E-state index contributed by atoms with van der Waals surface area (Å²) in [4.78, 5) is 0. The number of aliphatic hydroxyl groups excluding tert-OH is 1. The highest BCUT2D eigenvalue weighted by Crippen LogP contribution is 2.21. The van der Waals surface area contributed by atoms with Gasteiger partial charge in [-0.15, -0.1) is 0 Å². The Hall–Kier alpha value is -0.640. The molecular formula is C15H26O3. The van der Waals surface area contributed by atoms with Crippen molar-refractivity contribution in [3.05, 3.63) is 23.3 Å². The Morgan fingerprint density at radius 1 is 1.17 bits per heavy atom. The molecule has 1 aliphatic heterocycles. The molecule has 1 N–H and O–H groups in total. The van der Waals surface area contributed by atoms with Gasteiger partial charge >= 0.3 is 0 Å². The summed E-state index contributed by atoms with van der Waals surface area (Å²) in [5, 5.41) is 9.25. The average molecular weight is 254 g/mol. The van der Waals surface area contributed by atoms with Crippen LogP contribution >= 0.6 is 0 Å². The van der Waals surface area contributed by atoms with Crippen LogP contribution in [-0.4, -0.2) is 24.3 Å². The van der Waals surface area contributed by atoms with Crippen LogP contribution < -0.4 is 0 Å². The minimum atomic E-state index is -0.0254. The van der Waals surface area contributed by atoms with Gasteiger partial charge in [-0.25, -0.2) is 0 Å². The lowest BCUT2D eigenvalue weighted by Crippen LogP contribution is -2.38. The first-order chi connectivity index (χ1) is 8.61. The van der Waals surface area contributed by atoms with E-state index in [-0.39, 0.29) is 19.2 Å². The van der Waals surface area contributed by atoms with E-state index in [9.17, 15) is 5.11 Å². The van der Waals surface area contributed by atoms with E-state index in [0.717, 1.165) is 37.7 Å². The molecule has 0 unspecified atom stereocenters. The van der Waals surface area contributed by atoms with Crippen LogP contribution in [0, 0.1) is 0 Å². The average Bonchev–Trinajstić information content (AvgIpc) is 2.29. The summed E-state index contributed by atoms with van der Waals surface area (Å²) in [6.45, 7) is 6.28. The fourth-order valence-corrected chi connectivity index (χ4v) is 1.96. The molecule has 1 aliphatic rings. The van der Waals surface area contributed by atoms with Crippen LogP contribution in [0.2, 0.25) is 0 Å². The molecule has 0 aromatic heterocycles. The summed E-state index contributed by atoms with van der Waals surface area (Å²) in [7, 11) is 0. The first kappa shape index (κ1) is 15.4. The monoisotopic (exact) mass is 254 g/mol. The standard InChI is InChI=1S/C15H26O3/c1-12(2)7-6-9-14(11-16)8-4-5-10-15-17-13(3)18-15/h7-8,13,15-16H,4-6,9-11H2,1-3H3. The number of allylic oxidation sites excluding steroid dienone is 3. The van der Waals surface area contributed by atoms with Gasteiger partial charge in [0.2, 0.25) is 0 Å². The van der Waals surface area contributed by atoms with Crippen LogP contribution in [0.15, 0.2) is 23.3 Å². The molecule has 104 valence electrons. The highest BCUT2D eigenvalue weighted by molar-refractivity contribution is 5.05. The maximum Gasteiger partial charge on any atom is 0.163 e. The van der Waals surface area contributed by atoms with E-state index >= 15 is 0 Å². The number of hydrogen-bond donors (Lipinski definition) is 1. The Labute approximate surface area is 110 Å². The van der Waals surface area contributed by atoms with Crippen LogP contribution in [0.5, 0.6) is 0 Å². The zero-order valence-corrected chi connectivity index (χ0v) is 11.8. The summed E-state index contributed by atoms with van der Waals surface area (Å²) in [6.07, 6.45) is 9.27. The van der Waals surface area contributed by atoms with E-state index in [0.29, 0.717) is 0 Å². The molecule has 1 fully saturated rings. The van der Waals surface area contributed by atoms with Gasteiger partial charge in [0, 0.05) is 0 Å². The Bertz CT molecular complexity index is 284. The summed E-state index contributed by atoms with van der Waals surface area (Å²) in [5.74, 6) is 0. The fraction of sp³-hybridized carbons (Fsp3) is 0.733. The van der Waals surface area contributed by atoms with Gasteiger partial charge in [0.25, 0.3) is 0 Å².